The van der Waals surface area contributed by atoms with Crippen LogP contribution >= 0.6 is 0 Å². The van der Waals surface area contributed by atoms with Crippen molar-refractivity contribution in [2.75, 3.05) is 14.2 Å². The molecule has 0 N–H and O–H groups in total. The van der Waals surface area contributed by atoms with Gasteiger partial charge in [-0.25, -0.2) is 0 Å². The van der Waals surface area contributed by atoms with Gasteiger partial charge in [-0.05, 0) is 11.1 Å². The Hall–Kier alpha value is -1.61. The molecule has 0 saturated carbocycles. The third-order valence-electron chi connectivity index (χ3n) is 3.96. The summed E-state index contributed by atoms with van der Waals surface area (Å²) >= 11 is 0. The maximum atomic E-state index is 12.1. The summed E-state index contributed by atoms with van der Waals surface area (Å²) in [5.41, 5.74) is 0.984. The molecule has 0 radical (unpaired) electrons. The molecule has 2 aliphatic rings. The first-order chi connectivity index (χ1) is 8.18. The van der Waals surface area contributed by atoms with E-state index >= 15 is 0 Å². The van der Waals surface area contributed by atoms with E-state index in [0.29, 0.717) is 6.42 Å². The van der Waals surface area contributed by atoms with Gasteiger partial charge in [0.2, 0.25) is 0 Å². The smallest absolute Gasteiger partial charge is 0.320 e. The number of carbonyl (C=O) groups excluding carboxylic acids is 1. The molecular formula is C14H14O3. The van der Waals surface area contributed by atoms with Gasteiger partial charge in [0.1, 0.15) is 11.0 Å². The Morgan fingerprint density at radius 3 is 2.53 bits per heavy atom. The highest BCUT2D eigenvalue weighted by Crippen LogP contribution is 2.57. The van der Waals surface area contributed by atoms with Crippen LogP contribution in [0.5, 0.6) is 0 Å². The highest BCUT2D eigenvalue weighted by Gasteiger charge is 2.59. The Morgan fingerprint density at radius 1 is 1.18 bits per heavy atom. The fourth-order valence-electron chi connectivity index (χ4n) is 3.10. The van der Waals surface area contributed by atoms with Crippen LogP contribution < -0.4 is 0 Å². The van der Waals surface area contributed by atoms with E-state index in [1.165, 1.54) is 7.11 Å². The van der Waals surface area contributed by atoms with Gasteiger partial charge in [-0.1, -0.05) is 36.4 Å². The van der Waals surface area contributed by atoms with Gasteiger partial charge in [-0.3, -0.25) is 4.79 Å². The van der Waals surface area contributed by atoms with Crippen LogP contribution in [0.2, 0.25) is 0 Å². The standard InChI is InChI=1S/C14H14O3/c1-16-12(15)13-7-8-14(9-13,17-2)11-6-4-3-5-10(11)13/h3-8H,9H2,1-2H3. The maximum Gasteiger partial charge on any atom is 0.320 e. The third kappa shape index (κ3) is 1.07. The van der Waals surface area contributed by atoms with Crippen LogP contribution in [0.1, 0.15) is 17.5 Å². The minimum absolute atomic E-state index is 0.211. The lowest BCUT2D eigenvalue weighted by Gasteiger charge is -2.23. The minimum atomic E-state index is -0.651. The topological polar surface area (TPSA) is 35.5 Å². The SMILES string of the molecule is COC(=O)C12C=CC(OC)(C1)c1ccccc12. The van der Waals surface area contributed by atoms with Gasteiger partial charge >= 0.3 is 5.97 Å². The Balaban J connectivity index is 2.24. The van der Waals surface area contributed by atoms with Crippen LogP contribution in [-0.2, 0) is 25.3 Å². The van der Waals surface area contributed by atoms with E-state index in [1.807, 2.05) is 36.4 Å². The first-order valence-electron chi connectivity index (χ1n) is 5.62. The van der Waals surface area contributed by atoms with Crippen molar-refractivity contribution in [2.45, 2.75) is 17.4 Å². The quantitative estimate of drug-likeness (QED) is 0.575. The van der Waals surface area contributed by atoms with Crippen molar-refractivity contribution in [3.05, 3.63) is 47.5 Å². The van der Waals surface area contributed by atoms with Crippen LogP contribution in [-0.4, -0.2) is 20.2 Å². The predicted molar refractivity (Wildman–Crippen MR) is 62.6 cm³/mol. The number of carbonyl (C=O) groups is 1. The molecule has 0 aliphatic heterocycles. The van der Waals surface area contributed by atoms with E-state index < -0.39 is 11.0 Å². The number of benzene rings is 1. The number of methoxy groups -OCH3 is 2. The molecule has 3 rings (SSSR count). The lowest BCUT2D eigenvalue weighted by Crippen LogP contribution is -2.31. The van der Waals surface area contributed by atoms with Gasteiger partial charge in [0.05, 0.1) is 7.11 Å². The van der Waals surface area contributed by atoms with Crippen LogP contribution in [0.15, 0.2) is 36.4 Å². The van der Waals surface area contributed by atoms with Crippen molar-refractivity contribution in [2.24, 2.45) is 0 Å². The summed E-state index contributed by atoms with van der Waals surface area (Å²) in [6.45, 7) is 0. The van der Waals surface area contributed by atoms with Crippen molar-refractivity contribution in [3.63, 3.8) is 0 Å². The summed E-state index contributed by atoms with van der Waals surface area (Å²) in [5.74, 6) is -0.211. The molecule has 1 aromatic rings. The molecular weight excluding hydrogens is 216 g/mol. The number of hydrogen-bond acceptors (Lipinski definition) is 3. The van der Waals surface area contributed by atoms with E-state index in [-0.39, 0.29) is 5.97 Å². The Kier molecular flexibility index (Phi) is 1.98. The average molecular weight is 230 g/mol. The summed E-state index contributed by atoms with van der Waals surface area (Å²) in [5, 5.41) is 0. The molecule has 2 aliphatic carbocycles. The largest absolute Gasteiger partial charge is 0.468 e. The van der Waals surface area contributed by atoms with Gasteiger partial charge in [-0.15, -0.1) is 0 Å². The summed E-state index contributed by atoms with van der Waals surface area (Å²) < 4.78 is 10.6. The second-order valence-corrected chi connectivity index (χ2v) is 4.61. The van der Waals surface area contributed by atoms with Gasteiger partial charge in [0.15, 0.2) is 0 Å². The molecule has 17 heavy (non-hydrogen) atoms. The fraction of sp³-hybridized carbons (Fsp3) is 0.357. The van der Waals surface area contributed by atoms with Crippen molar-refractivity contribution >= 4 is 5.97 Å². The van der Waals surface area contributed by atoms with Crippen LogP contribution in [0.25, 0.3) is 0 Å². The zero-order valence-electron chi connectivity index (χ0n) is 9.90. The average Bonchev–Trinajstić information content (AvgIpc) is 2.92. The lowest BCUT2D eigenvalue weighted by molar-refractivity contribution is -0.146. The summed E-state index contributed by atoms with van der Waals surface area (Å²) in [6.07, 6.45) is 4.51. The molecule has 0 saturated heterocycles. The molecule has 3 heteroatoms. The van der Waals surface area contributed by atoms with E-state index in [2.05, 4.69) is 0 Å². The van der Waals surface area contributed by atoms with Gasteiger partial charge in [0.25, 0.3) is 0 Å². The number of rotatable bonds is 2. The first kappa shape index (κ1) is 10.5. The fourth-order valence-corrected chi connectivity index (χ4v) is 3.10. The molecule has 88 valence electrons. The molecule has 1 aromatic carbocycles. The second kappa shape index (κ2) is 3.20. The zero-order valence-corrected chi connectivity index (χ0v) is 9.90. The molecule has 3 nitrogen and oxygen atoms in total. The zero-order chi connectivity index (χ0) is 12.1. The molecule has 0 heterocycles. The third-order valence-corrected chi connectivity index (χ3v) is 3.96. The number of esters is 1. The van der Waals surface area contributed by atoms with Crippen molar-refractivity contribution in [3.8, 4) is 0 Å². The molecule has 0 fully saturated rings. The molecule has 0 spiro atoms. The molecule has 2 atom stereocenters. The number of hydrogen-bond donors (Lipinski definition) is 0. The van der Waals surface area contributed by atoms with Gasteiger partial charge in [-0.2, -0.15) is 0 Å². The summed E-state index contributed by atoms with van der Waals surface area (Å²) in [6, 6.07) is 7.92. The molecule has 0 amide bonds. The summed E-state index contributed by atoms with van der Waals surface area (Å²) in [4.78, 5) is 12.1. The van der Waals surface area contributed by atoms with Gasteiger partial charge < -0.3 is 9.47 Å². The lowest BCUT2D eigenvalue weighted by atomic mass is 9.83. The maximum absolute atomic E-state index is 12.1. The van der Waals surface area contributed by atoms with Crippen molar-refractivity contribution in [1.82, 2.24) is 0 Å². The molecule has 0 aromatic heterocycles. The van der Waals surface area contributed by atoms with Gasteiger partial charge in [0, 0.05) is 13.5 Å². The Morgan fingerprint density at radius 2 is 1.88 bits per heavy atom. The predicted octanol–water partition coefficient (Wildman–Crippen LogP) is 1.91. The molecule has 2 unspecified atom stereocenters. The minimum Gasteiger partial charge on any atom is -0.468 e. The number of fused-ring (bicyclic) bond motifs is 5. The normalized spacial score (nSPS) is 32.6. The highest BCUT2D eigenvalue weighted by atomic mass is 16.5. The molecule has 2 bridgehead atoms. The Labute approximate surface area is 100 Å². The van der Waals surface area contributed by atoms with E-state index in [9.17, 15) is 4.79 Å². The highest BCUT2D eigenvalue weighted by molar-refractivity contribution is 5.90. The second-order valence-electron chi connectivity index (χ2n) is 4.61. The number of ether oxygens (including phenoxy) is 2. The van der Waals surface area contributed by atoms with Crippen LogP contribution in [0, 0.1) is 0 Å². The summed E-state index contributed by atoms with van der Waals surface area (Å²) in [7, 11) is 3.11. The van der Waals surface area contributed by atoms with E-state index in [1.54, 1.807) is 7.11 Å². The van der Waals surface area contributed by atoms with Crippen LogP contribution in [0.4, 0.5) is 0 Å². The first-order valence-corrected chi connectivity index (χ1v) is 5.62. The van der Waals surface area contributed by atoms with E-state index in [4.69, 9.17) is 9.47 Å². The Bertz CT molecular complexity index is 520. The van der Waals surface area contributed by atoms with E-state index in [0.717, 1.165) is 11.1 Å². The monoisotopic (exact) mass is 230 g/mol. The van der Waals surface area contributed by atoms with Crippen molar-refractivity contribution < 1.29 is 14.3 Å². The van der Waals surface area contributed by atoms with Crippen LogP contribution in [0.3, 0.4) is 0 Å². The van der Waals surface area contributed by atoms with Crippen molar-refractivity contribution in [1.29, 1.82) is 0 Å².